The molecule has 0 aliphatic carbocycles. The fourth-order valence-electron chi connectivity index (χ4n) is 2.92. The van der Waals surface area contributed by atoms with Crippen LogP contribution in [0, 0.1) is 0 Å². The largest absolute Gasteiger partial charge is 0.384 e. The molecule has 0 fully saturated rings. The predicted molar refractivity (Wildman–Crippen MR) is 110 cm³/mol. The normalized spacial score (nSPS) is 13.7. The number of rotatable bonds is 9. The van der Waals surface area contributed by atoms with Gasteiger partial charge in [-0.15, -0.1) is 0 Å². The first-order chi connectivity index (χ1) is 13.6. The van der Waals surface area contributed by atoms with Crippen LogP contribution in [-0.2, 0) is 32.3 Å². The lowest BCUT2D eigenvalue weighted by atomic mass is 10.0. The van der Waals surface area contributed by atoms with Gasteiger partial charge in [-0.2, -0.15) is 0 Å². The lowest BCUT2D eigenvalue weighted by molar-refractivity contribution is -0.131. The zero-order valence-electron chi connectivity index (χ0n) is 16.7. The summed E-state index contributed by atoms with van der Waals surface area (Å²) >= 11 is 0. The van der Waals surface area contributed by atoms with E-state index in [4.69, 9.17) is 9.94 Å². The lowest BCUT2D eigenvalue weighted by Gasteiger charge is -2.25. The second-order valence-corrected chi connectivity index (χ2v) is 9.53. The number of pyridine rings is 1. The molecule has 8 nitrogen and oxygen atoms in total. The Labute approximate surface area is 170 Å². The van der Waals surface area contributed by atoms with Crippen LogP contribution < -0.4 is 11.0 Å². The molecule has 0 saturated carbocycles. The van der Waals surface area contributed by atoms with Crippen molar-refractivity contribution < 1.29 is 23.2 Å². The van der Waals surface area contributed by atoms with Gasteiger partial charge in [0.1, 0.15) is 0 Å². The van der Waals surface area contributed by atoms with Crippen LogP contribution in [0.5, 0.6) is 0 Å². The number of aryl methyl sites for hydroxylation is 1. The van der Waals surface area contributed by atoms with E-state index in [-0.39, 0.29) is 18.5 Å². The van der Waals surface area contributed by atoms with Crippen LogP contribution in [0.25, 0.3) is 11.1 Å². The number of hydrogen-bond acceptors (Lipinski definition) is 6. The van der Waals surface area contributed by atoms with Crippen LogP contribution in [0.2, 0.25) is 0 Å². The number of ether oxygens (including phenoxy) is 1. The highest BCUT2D eigenvalue weighted by atomic mass is 32.2. The number of carbonyl (C=O) groups is 1. The van der Waals surface area contributed by atoms with Crippen LogP contribution in [0.1, 0.15) is 18.9 Å². The summed E-state index contributed by atoms with van der Waals surface area (Å²) in [7, 11) is -2.18. The number of sulfone groups is 1. The number of benzene rings is 1. The maximum absolute atomic E-state index is 12.5. The van der Waals surface area contributed by atoms with Crippen LogP contribution >= 0.6 is 0 Å². The number of nitrogens with zero attached hydrogens (tertiary/aromatic N) is 1. The summed E-state index contributed by atoms with van der Waals surface area (Å²) in [6.45, 7) is 1.83. The second-order valence-electron chi connectivity index (χ2n) is 7.08. The molecule has 0 saturated heterocycles. The Morgan fingerprint density at radius 1 is 1.24 bits per heavy atom. The number of hydroxylamine groups is 1. The van der Waals surface area contributed by atoms with E-state index in [1.54, 1.807) is 19.4 Å². The van der Waals surface area contributed by atoms with E-state index in [1.807, 2.05) is 24.3 Å². The van der Waals surface area contributed by atoms with Gasteiger partial charge >= 0.3 is 0 Å². The van der Waals surface area contributed by atoms with E-state index in [1.165, 1.54) is 23.0 Å². The Hall–Kier alpha value is -2.49. The molecule has 158 valence electrons. The van der Waals surface area contributed by atoms with Crippen molar-refractivity contribution in [1.29, 1.82) is 0 Å². The van der Waals surface area contributed by atoms with Crippen molar-refractivity contribution in [2.24, 2.45) is 0 Å². The van der Waals surface area contributed by atoms with Gasteiger partial charge in [-0.3, -0.25) is 14.8 Å². The van der Waals surface area contributed by atoms with Crippen molar-refractivity contribution in [2.45, 2.75) is 31.1 Å². The third-order valence-corrected chi connectivity index (χ3v) is 7.11. The van der Waals surface area contributed by atoms with Crippen LogP contribution in [0.15, 0.2) is 47.4 Å². The quantitative estimate of drug-likeness (QED) is 0.466. The maximum atomic E-state index is 12.5. The molecule has 1 atom stereocenters. The van der Waals surface area contributed by atoms with Crippen LogP contribution in [0.3, 0.4) is 0 Å². The Morgan fingerprint density at radius 2 is 1.93 bits per heavy atom. The van der Waals surface area contributed by atoms with E-state index in [2.05, 4.69) is 0 Å². The molecule has 0 bridgehead atoms. The fraction of sp³-hybridized carbons (Fsp3) is 0.400. The molecule has 29 heavy (non-hydrogen) atoms. The van der Waals surface area contributed by atoms with E-state index in [0.717, 1.165) is 29.4 Å². The summed E-state index contributed by atoms with van der Waals surface area (Å²) in [5, 5.41) is 8.88. The third-order valence-electron chi connectivity index (χ3n) is 5.08. The van der Waals surface area contributed by atoms with Crippen molar-refractivity contribution in [3.05, 3.63) is 58.5 Å². The van der Waals surface area contributed by atoms with Gasteiger partial charge in [0.25, 0.3) is 11.5 Å². The first-order valence-electron chi connectivity index (χ1n) is 9.05. The average molecular weight is 423 g/mol. The zero-order valence-corrected chi connectivity index (χ0v) is 17.5. The Kier molecular flexibility index (Phi) is 7.34. The van der Waals surface area contributed by atoms with Gasteiger partial charge in [0.15, 0.2) is 14.6 Å². The Bertz CT molecular complexity index is 1030. The number of hydrogen-bond donors (Lipinski definition) is 2. The topological polar surface area (TPSA) is 115 Å². The third kappa shape index (κ3) is 5.31. The summed E-state index contributed by atoms with van der Waals surface area (Å²) in [4.78, 5) is 24.4. The molecule has 1 aromatic carbocycles. The standard InChI is InChI=1S/C20H26N2O6S/c1-20(19(24)21-25,29(3,26)27)9-11-22-10-7-17(14-18(22)23)16-6-4-5-15(13-16)8-12-28-2/h4-7,10,13-14,25H,8-9,11-12H2,1-3H3,(H,21,24). The SMILES string of the molecule is COCCc1cccc(-c2ccn(CCC(C)(C(=O)NO)S(C)(=O)=O)c(=O)c2)c1. The number of nitrogens with one attached hydrogen (secondary N) is 1. The highest BCUT2D eigenvalue weighted by molar-refractivity contribution is 7.92. The summed E-state index contributed by atoms with van der Waals surface area (Å²) in [6, 6.07) is 11.0. The molecule has 0 radical (unpaired) electrons. The molecule has 1 aromatic heterocycles. The fourth-order valence-corrected chi connectivity index (χ4v) is 3.76. The van der Waals surface area contributed by atoms with Gasteiger partial charge in [-0.05, 0) is 42.5 Å². The van der Waals surface area contributed by atoms with Gasteiger partial charge in [0, 0.05) is 32.2 Å². The van der Waals surface area contributed by atoms with Crippen molar-refractivity contribution in [2.75, 3.05) is 20.0 Å². The first-order valence-corrected chi connectivity index (χ1v) is 10.9. The van der Waals surface area contributed by atoms with Gasteiger partial charge in [-0.25, -0.2) is 13.9 Å². The van der Waals surface area contributed by atoms with Crippen LogP contribution in [0.4, 0.5) is 0 Å². The molecule has 0 aliphatic heterocycles. The molecule has 2 rings (SSSR count). The predicted octanol–water partition coefficient (Wildman–Crippen LogP) is 1.40. The molecule has 2 N–H and O–H groups in total. The highest BCUT2D eigenvalue weighted by Gasteiger charge is 2.43. The number of amides is 1. The van der Waals surface area contributed by atoms with Crippen LogP contribution in [-0.4, -0.2) is 48.8 Å². The van der Waals surface area contributed by atoms with Crippen molar-refractivity contribution in [3.8, 4) is 11.1 Å². The molecule has 9 heteroatoms. The first kappa shape index (κ1) is 22.8. The number of carbonyl (C=O) groups excluding carboxylic acids is 1. The van der Waals surface area contributed by atoms with E-state index in [0.29, 0.717) is 6.61 Å². The summed E-state index contributed by atoms with van der Waals surface area (Å²) in [5.74, 6) is -1.03. The Morgan fingerprint density at radius 3 is 2.52 bits per heavy atom. The highest BCUT2D eigenvalue weighted by Crippen LogP contribution is 2.23. The molecule has 2 aromatic rings. The molecular weight excluding hydrogens is 396 g/mol. The summed E-state index contributed by atoms with van der Waals surface area (Å²) < 4.78 is 28.7. The molecule has 0 spiro atoms. The van der Waals surface area contributed by atoms with E-state index < -0.39 is 20.5 Å². The zero-order chi connectivity index (χ0) is 21.7. The second kappa shape index (κ2) is 9.34. The van der Waals surface area contributed by atoms with Crippen molar-refractivity contribution in [3.63, 3.8) is 0 Å². The molecule has 1 amide bonds. The minimum absolute atomic E-state index is 0.00395. The monoisotopic (exact) mass is 422 g/mol. The van der Waals surface area contributed by atoms with Gasteiger partial charge < -0.3 is 9.30 Å². The van der Waals surface area contributed by atoms with Crippen molar-refractivity contribution in [1.82, 2.24) is 10.0 Å². The van der Waals surface area contributed by atoms with Gasteiger partial charge in [0.05, 0.1) is 6.61 Å². The van der Waals surface area contributed by atoms with Gasteiger partial charge in [0.2, 0.25) is 0 Å². The lowest BCUT2D eigenvalue weighted by Crippen LogP contribution is -2.49. The van der Waals surface area contributed by atoms with E-state index >= 15 is 0 Å². The molecule has 1 heterocycles. The van der Waals surface area contributed by atoms with Crippen molar-refractivity contribution >= 4 is 15.7 Å². The summed E-state index contributed by atoms with van der Waals surface area (Å²) in [5.41, 5.74) is 3.81. The molecular formula is C20H26N2O6S. The van der Waals surface area contributed by atoms with Gasteiger partial charge in [-0.1, -0.05) is 24.3 Å². The number of methoxy groups -OCH3 is 1. The smallest absolute Gasteiger partial charge is 0.264 e. The average Bonchev–Trinajstić information content (AvgIpc) is 2.69. The Balaban J connectivity index is 2.24. The minimum Gasteiger partial charge on any atom is -0.384 e. The summed E-state index contributed by atoms with van der Waals surface area (Å²) in [6.07, 6.45) is 3.09. The maximum Gasteiger partial charge on any atom is 0.264 e. The minimum atomic E-state index is -3.82. The number of aromatic nitrogens is 1. The molecule has 1 unspecified atom stereocenters. The molecule has 0 aliphatic rings. The van der Waals surface area contributed by atoms with E-state index in [9.17, 15) is 18.0 Å².